The van der Waals surface area contributed by atoms with Crippen LogP contribution < -0.4 is 21.3 Å². The Morgan fingerprint density at radius 1 is 1.44 bits per heavy atom. The van der Waals surface area contributed by atoms with Crippen LogP contribution in [0.25, 0.3) is 0 Å². The predicted octanol–water partition coefficient (Wildman–Crippen LogP) is 1.26. The van der Waals surface area contributed by atoms with Crippen LogP contribution in [0.5, 0.6) is 5.75 Å². The highest BCUT2D eigenvalue weighted by atomic mass is 16.5. The van der Waals surface area contributed by atoms with Gasteiger partial charge in [-0.2, -0.15) is 0 Å². The molecule has 0 heterocycles. The zero-order valence-corrected chi connectivity index (χ0v) is 11.2. The lowest BCUT2D eigenvalue weighted by Crippen LogP contribution is -2.42. The monoisotopic (exact) mass is 250 g/mol. The van der Waals surface area contributed by atoms with E-state index in [0.29, 0.717) is 18.4 Å². The quantitative estimate of drug-likeness (QED) is 0.318. The van der Waals surface area contributed by atoms with Gasteiger partial charge in [0.05, 0.1) is 13.7 Å². The number of nitrogens with one attached hydrogen (secondary N) is 2. The fourth-order valence-electron chi connectivity index (χ4n) is 1.39. The summed E-state index contributed by atoms with van der Waals surface area (Å²) in [5.41, 5.74) is 3.64. The second-order valence-corrected chi connectivity index (χ2v) is 4.44. The highest BCUT2D eigenvalue weighted by Gasteiger charge is 1.99. The summed E-state index contributed by atoms with van der Waals surface area (Å²) in [4.78, 5) is 4.37. The van der Waals surface area contributed by atoms with Crippen molar-refractivity contribution >= 4 is 5.96 Å². The normalized spacial score (nSPS) is 11.5. The molecule has 0 saturated heterocycles. The minimum Gasteiger partial charge on any atom is -0.497 e. The highest BCUT2D eigenvalue weighted by molar-refractivity contribution is 5.79. The van der Waals surface area contributed by atoms with Crippen LogP contribution in [-0.2, 0) is 6.54 Å². The van der Waals surface area contributed by atoms with Crippen molar-refractivity contribution < 1.29 is 4.74 Å². The molecule has 0 fully saturated rings. The van der Waals surface area contributed by atoms with E-state index in [9.17, 15) is 0 Å². The second-order valence-electron chi connectivity index (χ2n) is 4.44. The van der Waals surface area contributed by atoms with Gasteiger partial charge in [-0.15, -0.1) is 0 Å². The summed E-state index contributed by atoms with van der Waals surface area (Å²) in [7, 11) is 1.65. The molecule has 0 aliphatic heterocycles. The van der Waals surface area contributed by atoms with Gasteiger partial charge in [-0.1, -0.05) is 26.0 Å². The van der Waals surface area contributed by atoms with Crippen LogP contribution in [0.3, 0.4) is 0 Å². The molecule has 5 nitrogen and oxygen atoms in total. The lowest BCUT2D eigenvalue weighted by molar-refractivity contribution is 0.414. The molecule has 4 N–H and O–H groups in total. The molecule has 1 aromatic carbocycles. The molecule has 18 heavy (non-hydrogen) atoms. The molecule has 0 aromatic heterocycles. The molecule has 0 bridgehead atoms. The van der Waals surface area contributed by atoms with Gasteiger partial charge in [0.2, 0.25) is 5.96 Å². The van der Waals surface area contributed by atoms with Crippen molar-refractivity contribution in [1.82, 2.24) is 10.7 Å². The number of nitrogens with two attached hydrogens (primary N) is 1. The summed E-state index contributed by atoms with van der Waals surface area (Å²) in [5, 5.41) is 3.15. The fourth-order valence-corrected chi connectivity index (χ4v) is 1.39. The van der Waals surface area contributed by atoms with Gasteiger partial charge in [-0.3, -0.25) is 5.43 Å². The molecule has 0 saturated carbocycles. The molecule has 0 atom stereocenters. The maximum Gasteiger partial charge on any atom is 0.206 e. The van der Waals surface area contributed by atoms with E-state index < -0.39 is 0 Å². The highest BCUT2D eigenvalue weighted by Crippen LogP contribution is 2.12. The lowest BCUT2D eigenvalue weighted by atomic mass is 10.2. The molecule has 1 rings (SSSR count). The van der Waals surface area contributed by atoms with Crippen molar-refractivity contribution in [3.8, 4) is 5.75 Å². The van der Waals surface area contributed by atoms with E-state index in [-0.39, 0.29) is 0 Å². The number of ether oxygens (including phenoxy) is 1. The summed E-state index contributed by atoms with van der Waals surface area (Å²) < 4.78 is 5.16. The van der Waals surface area contributed by atoms with Crippen LogP contribution in [0.1, 0.15) is 19.4 Å². The molecule has 1 aromatic rings. The predicted molar refractivity (Wildman–Crippen MR) is 74.3 cm³/mol. The third-order valence-corrected chi connectivity index (χ3v) is 2.37. The molecule has 0 unspecified atom stereocenters. The first-order valence-electron chi connectivity index (χ1n) is 6.03. The van der Waals surface area contributed by atoms with E-state index in [2.05, 4.69) is 29.6 Å². The third-order valence-electron chi connectivity index (χ3n) is 2.37. The summed E-state index contributed by atoms with van der Waals surface area (Å²) >= 11 is 0. The fraction of sp³-hybridized carbons (Fsp3) is 0.462. The van der Waals surface area contributed by atoms with E-state index >= 15 is 0 Å². The number of nitrogens with zero attached hydrogens (tertiary/aromatic N) is 1. The average Bonchev–Trinajstić information content (AvgIpc) is 2.39. The number of hydrogen-bond donors (Lipinski definition) is 3. The largest absolute Gasteiger partial charge is 0.497 e. The third kappa shape index (κ3) is 5.05. The number of benzene rings is 1. The Hall–Kier alpha value is -1.75. The summed E-state index contributed by atoms with van der Waals surface area (Å²) in [6.07, 6.45) is 0. The molecule has 0 radical (unpaired) electrons. The van der Waals surface area contributed by atoms with Crippen LogP contribution in [0.15, 0.2) is 29.3 Å². The van der Waals surface area contributed by atoms with Gasteiger partial charge in [0.15, 0.2) is 0 Å². The van der Waals surface area contributed by atoms with Gasteiger partial charge in [-0.25, -0.2) is 10.8 Å². The van der Waals surface area contributed by atoms with E-state index in [1.165, 1.54) is 0 Å². The van der Waals surface area contributed by atoms with Crippen LogP contribution in [0.4, 0.5) is 0 Å². The molecular weight excluding hydrogens is 228 g/mol. The molecule has 5 heteroatoms. The standard InChI is InChI=1S/C13H22N4O/c1-10(2)8-15-13(17-14)16-9-11-5-4-6-12(7-11)18-3/h4-7,10H,8-9,14H2,1-3H3,(H2,15,16,17). The van der Waals surface area contributed by atoms with Crippen molar-refractivity contribution in [2.45, 2.75) is 20.4 Å². The molecule has 0 spiro atoms. The SMILES string of the molecule is COc1cccc(CN=C(NN)NCC(C)C)c1. The van der Waals surface area contributed by atoms with Crippen LogP contribution in [0.2, 0.25) is 0 Å². The molecule has 0 aliphatic carbocycles. The minimum atomic E-state index is 0.542. The maximum absolute atomic E-state index is 5.41. The topological polar surface area (TPSA) is 71.7 Å². The Balaban J connectivity index is 2.58. The van der Waals surface area contributed by atoms with E-state index in [1.54, 1.807) is 7.11 Å². The molecule has 0 amide bonds. The van der Waals surface area contributed by atoms with Crippen molar-refractivity contribution in [2.75, 3.05) is 13.7 Å². The van der Waals surface area contributed by atoms with E-state index in [0.717, 1.165) is 17.9 Å². The first-order valence-corrected chi connectivity index (χ1v) is 6.03. The van der Waals surface area contributed by atoms with Crippen LogP contribution in [0, 0.1) is 5.92 Å². The summed E-state index contributed by atoms with van der Waals surface area (Å²) in [6, 6.07) is 7.82. The molecular formula is C13H22N4O. The summed E-state index contributed by atoms with van der Waals surface area (Å²) in [5.74, 6) is 7.39. The Kier molecular flexibility index (Phi) is 6.00. The Morgan fingerprint density at radius 3 is 2.83 bits per heavy atom. The smallest absolute Gasteiger partial charge is 0.206 e. The zero-order valence-electron chi connectivity index (χ0n) is 11.2. The van der Waals surface area contributed by atoms with Gasteiger partial charge in [0.1, 0.15) is 5.75 Å². The van der Waals surface area contributed by atoms with Crippen molar-refractivity contribution in [1.29, 1.82) is 0 Å². The lowest BCUT2D eigenvalue weighted by Gasteiger charge is -2.11. The van der Waals surface area contributed by atoms with Crippen molar-refractivity contribution in [2.24, 2.45) is 16.8 Å². The van der Waals surface area contributed by atoms with Crippen LogP contribution >= 0.6 is 0 Å². The number of guanidine groups is 1. The Bertz CT molecular complexity index is 390. The number of methoxy groups -OCH3 is 1. The number of hydrogen-bond acceptors (Lipinski definition) is 3. The van der Waals surface area contributed by atoms with E-state index in [1.807, 2.05) is 24.3 Å². The zero-order chi connectivity index (χ0) is 13.4. The van der Waals surface area contributed by atoms with Gasteiger partial charge >= 0.3 is 0 Å². The van der Waals surface area contributed by atoms with Gasteiger partial charge in [-0.05, 0) is 23.6 Å². The second kappa shape index (κ2) is 7.55. The molecule has 100 valence electrons. The first kappa shape index (κ1) is 14.3. The Morgan fingerprint density at radius 2 is 2.22 bits per heavy atom. The Labute approximate surface area is 108 Å². The van der Waals surface area contributed by atoms with Gasteiger partial charge in [0.25, 0.3) is 0 Å². The number of aliphatic imine (C=N–C) groups is 1. The van der Waals surface area contributed by atoms with Gasteiger partial charge in [0, 0.05) is 6.54 Å². The average molecular weight is 250 g/mol. The van der Waals surface area contributed by atoms with Crippen LogP contribution in [-0.4, -0.2) is 19.6 Å². The van der Waals surface area contributed by atoms with Crippen molar-refractivity contribution in [3.05, 3.63) is 29.8 Å². The van der Waals surface area contributed by atoms with Gasteiger partial charge < -0.3 is 10.1 Å². The number of rotatable bonds is 5. The minimum absolute atomic E-state index is 0.542. The first-order chi connectivity index (χ1) is 8.65. The van der Waals surface area contributed by atoms with E-state index in [4.69, 9.17) is 10.6 Å². The summed E-state index contributed by atoms with van der Waals surface area (Å²) in [6.45, 7) is 5.65. The molecule has 0 aliphatic rings. The van der Waals surface area contributed by atoms with Crippen molar-refractivity contribution in [3.63, 3.8) is 0 Å². The maximum atomic E-state index is 5.41. The number of hydrazine groups is 1.